The molecule has 8 nitrogen and oxygen atoms in total. The number of hydrogen-bond acceptors (Lipinski definition) is 6. The standard InChI is InChI=1S/C20H20FN5O3S/c1-24-17-15(19(28)25(2)20(24)29)18(30-11-14(27)26-8-3-4-9-26)23-16(22-17)12-6-5-7-13(21)10-12/h5-7,10H,3-4,8-9,11H2,1-2H3. The first-order valence-corrected chi connectivity index (χ1v) is 10.5. The Labute approximate surface area is 175 Å². The molecule has 10 heteroatoms. The van der Waals surface area contributed by atoms with Crippen LogP contribution in [0.4, 0.5) is 4.39 Å². The molecule has 2 aromatic heterocycles. The van der Waals surface area contributed by atoms with E-state index in [2.05, 4.69) is 9.97 Å². The van der Waals surface area contributed by atoms with E-state index in [1.165, 1.54) is 36.9 Å². The van der Waals surface area contributed by atoms with Crippen molar-refractivity contribution < 1.29 is 9.18 Å². The lowest BCUT2D eigenvalue weighted by Crippen LogP contribution is -2.37. The number of aromatic nitrogens is 4. The van der Waals surface area contributed by atoms with Crippen LogP contribution in [0.1, 0.15) is 12.8 Å². The Bertz CT molecular complexity index is 1260. The number of nitrogens with zero attached hydrogens (tertiary/aromatic N) is 5. The number of aryl methyl sites for hydroxylation is 1. The fourth-order valence-electron chi connectivity index (χ4n) is 3.48. The van der Waals surface area contributed by atoms with Gasteiger partial charge in [0.05, 0.1) is 5.75 Å². The lowest BCUT2D eigenvalue weighted by Gasteiger charge is -2.15. The zero-order valence-electron chi connectivity index (χ0n) is 16.6. The van der Waals surface area contributed by atoms with Gasteiger partial charge in [0.15, 0.2) is 11.5 Å². The first kappa shape index (κ1) is 20.3. The van der Waals surface area contributed by atoms with Gasteiger partial charge in [-0.1, -0.05) is 23.9 Å². The van der Waals surface area contributed by atoms with Crippen LogP contribution in [-0.2, 0) is 18.9 Å². The lowest BCUT2D eigenvalue weighted by molar-refractivity contribution is -0.127. The van der Waals surface area contributed by atoms with E-state index in [1.807, 2.05) is 0 Å². The largest absolute Gasteiger partial charge is 0.342 e. The molecular weight excluding hydrogens is 409 g/mol. The van der Waals surface area contributed by atoms with Crippen LogP contribution >= 0.6 is 11.8 Å². The molecule has 3 heterocycles. The van der Waals surface area contributed by atoms with Crippen molar-refractivity contribution in [2.75, 3.05) is 18.8 Å². The third-order valence-electron chi connectivity index (χ3n) is 5.14. The summed E-state index contributed by atoms with van der Waals surface area (Å²) in [6, 6.07) is 5.77. The van der Waals surface area contributed by atoms with Gasteiger partial charge in [-0.3, -0.25) is 18.7 Å². The highest BCUT2D eigenvalue weighted by atomic mass is 32.2. The number of fused-ring (bicyclic) bond motifs is 1. The summed E-state index contributed by atoms with van der Waals surface area (Å²) in [6.45, 7) is 1.46. The van der Waals surface area contributed by atoms with Crippen molar-refractivity contribution >= 4 is 28.7 Å². The molecular formula is C20H20FN5O3S. The molecule has 0 bridgehead atoms. The van der Waals surface area contributed by atoms with Crippen LogP contribution in [0, 0.1) is 5.82 Å². The quantitative estimate of drug-likeness (QED) is 0.462. The SMILES string of the molecule is Cn1c(=O)c2c(SCC(=O)N3CCCC3)nc(-c3cccc(F)c3)nc2n(C)c1=O. The predicted molar refractivity (Wildman–Crippen MR) is 112 cm³/mol. The number of likely N-dealkylation sites (tertiary alicyclic amines) is 1. The molecule has 1 fully saturated rings. The number of thioether (sulfide) groups is 1. The van der Waals surface area contributed by atoms with Crippen LogP contribution < -0.4 is 11.2 Å². The van der Waals surface area contributed by atoms with Crippen LogP contribution in [0.5, 0.6) is 0 Å². The van der Waals surface area contributed by atoms with E-state index < -0.39 is 17.1 Å². The fourth-order valence-corrected chi connectivity index (χ4v) is 4.39. The maximum atomic E-state index is 13.7. The molecule has 0 spiro atoms. The molecule has 0 N–H and O–H groups in total. The molecule has 30 heavy (non-hydrogen) atoms. The minimum atomic E-state index is -0.532. The van der Waals surface area contributed by atoms with Crippen molar-refractivity contribution in [1.29, 1.82) is 0 Å². The van der Waals surface area contributed by atoms with Crippen LogP contribution in [0.2, 0.25) is 0 Å². The second kappa shape index (κ2) is 8.02. The molecule has 0 atom stereocenters. The molecule has 1 aliphatic heterocycles. The second-order valence-electron chi connectivity index (χ2n) is 7.14. The van der Waals surface area contributed by atoms with Crippen molar-refractivity contribution in [2.45, 2.75) is 17.9 Å². The van der Waals surface area contributed by atoms with Gasteiger partial charge in [0.25, 0.3) is 5.56 Å². The van der Waals surface area contributed by atoms with E-state index in [1.54, 1.807) is 11.0 Å². The molecule has 1 amide bonds. The summed E-state index contributed by atoms with van der Waals surface area (Å²) >= 11 is 1.13. The van der Waals surface area contributed by atoms with Crippen molar-refractivity contribution in [3.8, 4) is 11.4 Å². The lowest BCUT2D eigenvalue weighted by atomic mass is 10.2. The Morgan fingerprint density at radius 3 is 2.57 bits per heavy atom. The van der Waals surface area contributed by atoms with E-state index in [0.29, 0.717) is 10.6 Å². The minimum Gasteiger partial charge on any atom is -0.342 e. The number of carbonyl (C=O) groups excluding carboxylic acids is 1. The van der Waals surface area contributed by atoms with Crippen LogP contribution in [0.15, 0.2) is 38.9 Å². The Morgan fingerprint density at radius 2 is 1.87 bits per heavy atom. The zero-order chi connectivity index (χ0) is 21.4. The maximum absolute atomic E-state index is 13.7. The highest BCUT2D eigenvalue weighted by molar-refractivity contribution is 8.00. The highest BCUT2D eigenvalue weighted by Gasteiger charge is 2.22. The number of amides is 1. The normalized spacial score (nSPS) is 13.9. The first-order chi connectivity index (χ1) is 14.4. The van der Waals surface area contributed by atoms with Gasteiger partial charge in [0.2, 0.25) is 5.91 Å². The summed E-state index contributed by atoms with van der Waals surface area (Å²) in [4.78, 5) is 48.4. The van der Waals surface area contributed by atoms with Crippen molar-refractivity contribution in [2.24, 2.45) is 14.1 Å². The molecule has 1 aliphatic rings. The Morgan fingerprint density at radius 1 is 1.13 bits per heavy atom. The number of halogens is 1. The molecule has 0 radical (unpaired) electrons. The Kier molecular flexibility index (Phi) is 5.42. The number of hydrogen-bond donors (Lipinski definition) is 0. The van der Waals surface area contributed by atoms with Crippen LogP contribution in [0.3, 0.4) is 0 Å². The van der Waals surface area contributed by atoms with E-state index in [0.717, 1.165) is 42.3 Å². The summed E-state index contributed by atoms with van der Waals surface area (Å²) in [5, 5.41) is 0.460. The van der Waals surface area contributed by atoms with Crippen LogP contribution in [0.25, 0.3) is 22.4 Å². The van der Waals surface area contributed by atoms with E-state index >= 15 is 0 Å². The van der Waals surface area contributed by atoms with Gasteiger partial charge in [-0.25, -0.2) is 19.2 Å². The summed E-state index contributed by atoms with van der Waals surface area (Å²) in [7, 11) is 2.89. The molecule has 0 unspecified atom stereocenters. The topological polar surface area (TPSA) is 90.1 Å². The fraction of sp³-hybridized carbons (Fsp3) is 0.350. The predicted octanol–water partition coefficient (Wildman–Crippen LogP) is 1.55. The van der Waals surface area contributed by atoms with Gasteiger partial charge in [0, 0.05) is 32.7 Å². The van der Waals surface area contributed by atoms with Gasteiger partial charge < -0.3 is 4.90 Å². The van der Waals surface area contributed by atoms with Gasteiger partial charge in [-0.05, 0) is 25.0 Å². The van der Waals surface area contributed by atoms with E-state index in [4.69, 9.17) is 0 Å². The van der Waals surface area contributed by atoms with Gasteiger partial charge >= 0.3 is 5.69 Å². The van der Waals surface area contributed by atoms with Crippen molar-refractivity contribution in [3.63, 3.8) is 0 Å². The van der Waals surface area contributed by atoms with Gasteiger partial charge in [-0.15, -0.1) is 0 Å². The van der Waals surface area contributed by atoms with Crippen molar-refractivity contribution in [1.82, 2.24) is 24.0 Å². The Hall–Kier alpha value is -3.01. The van der Waals surface area contributed by atoms with Crippen molar-refractivity contribution in [3.05, 3.63) is 50.9 Å². The summed E-state index contributed by atoms with van der Waals surface area (Å²) < 4.78 is 16.0. The van der Waals surface area contributed by atoms with Gasteiger partial charge in [0.1, 0.15) is 16.2 Å². The third kappa shape index (κ3) is 3.62. The number of rotatable bonds is 4. The molecule has 0 saturated carbocycles. The summed E-state index contributed by atoms with van der Waals surface area (Å²) in [6.07, 6.45) is 1.97. The van der Waals surface area contributed by atoms with E-state index in [-0.39, 0.29) is 28.5 Å². The highest BCUT2D eigenvalue weighted by Crippen LogP contribution is 2.27. The average molecular weight is 429 g/mol. The summed E-state index contributed by atoms with van der Waals surface area (Å²) in [5.41, 5.74) is -0.498. The molecule has 4 rings (SSSR count). The molecule has 156 valence electrons. The molecule has 1 aromatic carbocycles. The average Bonchev–Trinajstić information content (AvgIpc) is 3.29. The molecule has 3 aromatic rings. The molecule has 1 saturated heterocycles. The van der Waals surface area contributed by atoms with Crippen LogP contribution in [-0.4, -0.2) is 48.8 Å². The monoisotopic (exact) mass is 429 g/mol. The second-order valence-corrected chi connectivity index (χ2v) is 8.11. The van der Waals surface area contributed by atoms with Gasteiger partial charge in [-0.2, -0.15) is 0 Å². The zero-order valence-corrected chi connectivity index (χ0v) is 17.4. The minimum absolute atomic E-state index is 0.0294. The third-order valence-corrected chi connectivity index (χ3v) is 6.10. The summed E-state index contributed by atoms with van der Waals surface area (Å²) in [5.74, 6) is -0.187. The number of carbonyl (C=O) groups is 1. The number of benzene rings is 1. The Balaban J connectivity index is 1.86. The van der Waals surface area contributed by atoms with E-state index in [9.17, 15) is 18.8 Å². The maximum Gasteiger partial charge on any atom is 0.332 e. The molecule has 0 aliphatic carbocycles. The smallest absolute Gasteiger partial charge is 0.332 e. The first-order valence-electron chi connectivity index (χ1n) is 9.51.